The van der Waals surface area contributed by atoms with Gasteiger partial charge in [-0.3, -0.25) is 4.79 Å². The van der Waals surface area contributed by atoms with E-state index in [-0.39, 0.29) is 11.9 Å². The second-order valence-corrected chi connectivity index (χ2v) is 3.86. The molecule has 0 fully saturated rings. The maximum atomic E-state index is 11.2. The highest BCUT2D eigenvalue weighted by Gasteiger charge is 2.15. The van der Waals surface area contributed by atoms with Crippen molar-refractivity contribution in [2.45, 2.75) is 40.0 Å². The van der Waals surface area contributed by atoms with Crippen LogP contribution in [0.15, 0.2) is 0 Å². The number of esters is 1. The monoisotopic (exact) mass is 201 g/mol. The number of carbonyl (C=O) groups is 1. The Morgan fingerprint density at radius 1 is 1.43 bits per heavy atom. The Balaban J connectivity index is 3.83. The molecule has 0 saturated carbocycles. The third kappa shape index (κ3) is 5.97. The molecule has 3 nitrogen and oxygen atoms in total. The molecular weight excluding hydrogens is 178 g/mol. The second kappa shape index (κ2) is 7.80. The number of rotatable bonds is 7. The molecule has 0 spiro atoms. The third-order valence-electron chi connectivity index (χ3n) is 2.53. The first-order valence-corrected chi connectivity index (χ1v) is 5.49. The first-order chi connectivity index (χ1) is 6.63. The Morgan fingerprint density at radius 2 is 2.07 bits per heavy atom. The molecule has 2 unspecified atom stereocenters. The van der Waals surface area contributed by atoms with Crippen molar-refractivity contribution in [3.05, 3.63) is 0 Å². The molecule has 0 rings (SSSR count). The van der Waals surface area contributed by atoms with Crippen LogP contribution < -0.4 is 5.73 Å². The molecular formula is C11H23NO2. The molecule has 0 heterocycles. The van der Waals surface area contributed by atoms with Crippen LogP contribution in [0.4, 0.5) is 0 Å². The highest BCUT2D eigenvalue weighted by atomic mass is 16.5. The maximum Gasteiger partial charge on any atom is 0.306 e. The van der Waals surface area contributed by atoms with Crippen molar-refractivity contribution in [3.63, 3.8) is 0 Å². The van der Waals surface area contributed by atoms with Crippen molar-refractivity contribution in [2.75, 3.05) is 13.2 Å². The topological polar surface area (TPSA) is 52.3 Å². The smallest absolute Gasteiger partial charge is 0.306 e. The highest BCUT2D eigenvalue weighted by molar-refractivity contribution is 5.69. The summed E-state index contributed by atoms with van der Waals surface area (Å²) >= 11 is 0. The van der Waals surface area contributed by atoms with Crippen LogP contribution in [0.25, 0.3) is 0 Å². The molecule has 2 N–H and O–H groups in total. The van der Waals surface area contributed by atoms with Gasteiger partial charge in [-0.15, -0.1) is 0 Å². The number of ether oxygens (including phenoxy) is 1. The molecule has 2 atom stereocenters. The lowest BCUT2D eigenvalue weighted by Crippen LogP contribution is -2.21. The van der Waals surface area contributed by atoms with Crippen molar-refractivity contribution in [1.82, 2.24) is 0 Å². The van der Waals surface area contributed by atoms with Gasteiger partial charge in [-0.1, -0.05) is 20.3 Å². The fraction of sp³-hybridized carbons (Fsp3) is 0.909. The van der Waals surface area contributed by atoms with Crippen LogP contribution in [-0.2, 0) is 9.53 Å². The highest BCUT2D eigenvalue weighted by Crippen LogP contribution is 2.17. The fourth-order valence-electron chi connectivity index (χ4n) is 1.45. The van der Waals surface area contributed by atoms with E-state index in [0.29, 0.717) is 25.5 Å². The fourth-order valence-corrected chi connectivity index (χ4v) is 1.45. The van der Waals surface area contributed by atoms with Gasteiger partial charge in [0.15, 0.2) is 0 Å². The van der Waals surface area contributed by atoms with E-state index in [9.17, 15) is 4.79 Å². The molecule has 0 radical (unpaired) electrons. The Bertz CT molecular complexity index is 159. The Hall–Kier alpha value is -0.570. The lowest BCUT2D eigenvalue weighted by atomic mass is 9.92. The quantitative estimate of drug-likeness (QED) is 0.640. The Morgan fingerprint density at radius 3 is 2.50 bits per heavy atom. The molecule has 0 bridgehead atoms. The molecule has 84 valence electrons. The number of carbonyl (C=O) groups excluding carboxylic acids is 1. The van der Waals surface area contributed by atoms with Gasteiger partial charge >= 0.3 is 5.97 Å². The average molecular weight is 201 g/mol. The lowest BCUT2D eigenvalue weighted by molar-refractivity contribution is -0.144. The largest absolute Gasteiger partial charge is 0.466 e. The predicted octanol–water partition coefficient (Wildman–Crippen LogP) is 1.95. The van der Waals surface area contributed by atoms with Gasteiger partial charge in [0.1, 0.15) is 0 Å². The molecule has 3 heteroatoms. The van der Waals surface area contributed by atoms with E-state index in [4.69, 9.17) is 10.5 Å². The normalized spacial score (nSPS) is 14.9. The zero-order valence-corrected chi connectivity index (χ0v) is 9.58. The van der Waals surface area contributed by atoms with Crippen LogP contribution in [0, 0.1) is 11.8 Å². The second-order valence-electron chi connectivity index (χ2n) is 3.86. The van der Waals surface area contributed by atoms with E-state index in [0.717, 1.165) is 12.8 Å². The summed E-state index contributed by atoms with van der Waals surface area (Å²) in [7, 11) is 0. The molecule has 0 aliphatic heterocycles. The molecule has 0 amide bonds. The molecule has 0 aromatic rings. The van der Waals surface area contributed by atoms with Gasteiger partial charge in [0.05, 0.1) is 6.61 Å². The minimum absolute atomic E-state index is 0.119. The lowest BCUT2D eigenvalue weighted by Gasteiger charge is -2.17. The van der Waals surface area contributed by atoms with Crippen LogP contribution in [0.2, 0.25) is 0 Å². The van der Waals surface area contributed by atoms with Crippen LogP contribution in [0.5, 0.6) is 0 Å². The minimum atomic E-state index is -0.119. The first kappa shape index (κ1) is 13.4. The van der Waals surface area contributed by atoms with E-state index in [2.05, 4.69) is 13.8 Å². The number of hydrogen-bond donors (Lipinski definition) is 1. The first-order valence-electron chi connectivity index (χ1n) is 5.49. The summed E-state index contributed by atoms with van der Waals surface area (Å²) < 4.78 is 4.89. The Kier molecular flexibility index (Phi) is 7.48. The van der Waals surface area contributed by atoms with Gasteiger partial charge in [0.25, 0.3) is 0 Å². The third-order valence-corrected chi connectivity index (χ3v) is 2.53. The van der Waals surface area contributed by atoms with Crippen molar-refractivity contribution in [1.29, 1.82) is 0 Å². The summed E-state index contributed by atoms with van der Waals surface area (Å²) in [4.78, 5) is 11.2. The Labute approximate surface area is 87.0 Å². The summed E-state index contributed by atoms with van der Waals surface area (Å²) in [6.45, 7) is 7.20. The minimum Gasteiger partial charge on any atom is -0.466 e. The van der Waals surface area contributed by atoms with Gasteiger partial charge in [-0.2, -0.15) is 0 Å². The molecule has 14 heavy (non-hydrogen) atoms. The van der Waals surface area contributed by atoms with E-state index in [1.54, 1.807) is 0 Å². The van der Waals surface area contributed by atoms with Gasteiger partial charge in [0, 0.05) is 6.42 Å². The number of nitrogens with two attached hydrogens (primary N) is 1. The van der Waals surface area contributed by atoms with Crippen molar-refractivity contribution in [3.8, 4) is 0 Å². The van der Waals surface area contributed by atoms with Crippen molar-refractivity contribution >= 4 is 5.97 Å². The van der Waals surface area contributed by atoms with Crippen LogP contribution in [0.3, 0.4) is 0 Å². The standard InChI is InChI=1S/C11H23NO2/c1-4-9(3)6-10(8-12)7-11(13)14-5-2/h9-10H,4-8,12H2,1-3H3. The van der Waals surface area contributed by atoms with Crippen LogP contribution in [-0.4, -0.2) is 19.1 Å². The SMILES string of the molecule is CCOC(=O)CC(CN)CC(C)CC. The molecule has 0 aliphatic rings. The van der Waals surface area contributed by atoms with E-state index < -0.39 is 0 Å². The molecule has 0 aromatic carbocycles. The van der Waals surface area contributed by atoms with Gasteiger partial charge in [-0.25, -0.2) is 0 Å². The zero-order chi connectivity index (χ0) is 11.0. The van der Waals surface area contributed by atoms with Crippen molar-refractivity contribution in [2.24, 2.45) is 17.6 Å². The summed E-state index contributed by atoms with van der Waals surface area (Å²) in [6.07, 6.45) is 2.62. The van der Waals surface area contributed by atoms with Crippen LogP contribution >= 0.6 is 0 Å². The van der Waals surface area contributed by atoms with Gasteiger partial charge < -0.3 is 10.5 Å². The van der Waals surface area contributed by atoms with E-state index in [1.165, 1.54) is 0 Å². The number of hydrogen-bond acceptors (Lipinski definition) is 3. The zero-order valence-electron chi connectivity index (χ0n) is 9.58. The van der Waals surface area contributed by atoms with Crippen LogP contribution in [0.1, 0.15) is 40.0 Å². The molecule has 0 aliphatic carbocycles. The summed E-state index contributed by atoms with van der Waals surface area (Å²) in [5, 5.41) is 0. The predicted molar refractivity (Wildman–Crippen MR) is 57.9 cm³/mol. The van der Waals surface area contributed by atoms with Crippen molar-refractivity contribution < 1.29 is 9.53 Å². The molecule has 0 aromatic heterocycles. The van der Waals surface area contributed by atoms with E-state index >= 15 is 0 Å². The summed E-state index contributed by atoms with van der Waals surface area (Å²) in [5.41, 5.74) is 5.61. The van der Waals surface area contributed by atoms with Gasteiger partial charge in [0.2, 0.25) is 0 Å². The average Bonchev–Trinajstić information content (AvgIpc) is 2.16. The summed E-state index contributed by atoms with van der Waals surface area (Å²) in [5.74, 6) is 0.799. The van der Waals surface area contributed by atoms with Gasteiger partial charge in [-0.05, 0) is 31.7 Å². The maximum absolute atomic E-state index is 11.2. The molecule has 0 saturated heterocycles. The summed E-state index contributed by atoms with van der Waals surface area (Å²) in [6, 6.07) is 0. The van der Waals surface area contributed by atoms with E-state index in [1.807, 2.05) is 6.92 Å².